The zero-order valence-corrected chi connectivity index (χ0v) is 27.0. The molecule has 3 amide bonds. The summed E-state index contributed by atoms with van der Waals surface area (Å²) in [5.41, 5.74) is 5.40. The van der Waals surface area contributed by atoms with E-state index in [-0.39, 0.29) is 37.5 Å². The van der Waals surface area contributed by atoms with Gasteiger partial charge in [0.25, 0.3) is 0 Å². The lowest BCUT2D eigenvalue weighted by atomic mass is 9.98. The Balaban J connectivity index is 1.06. The number of alkyl carbamates (subject to hydrolysis) is 1. The van der Waals surface area contributed by atoms with Crippen molar-refractivity contribution in [1.82, 2.24) is 20.4 Å². The molecule has 5 rings (SSSR count). The average molecular weight is 643 g/mol. The SMILES string of the molecule is CC(C)(C)OC(=O)CN1CCN(C(=O)NCc2ccc(C[C@H](NC(=O)OCC3c4ccccc4-c4ccccc43)C(=O)O)cc2)CC1. The van der Waals surface area contributed by atoms with Gasteiger partial charge >= 0.3 is 24.1 Å². The van der Waals surface area contributed by atoms with Crippen LogP contribution in [0.3, 0.4) is 0 Å². The number of nitrogens with zero attached hydrogens (tertiary/aromatic N) is 2. The molecule has 1 fully saturated rings. The number of amides is 3. The van der Waals surface area contributed by atoms with Crippen molar-refractivity contribution in [2.75, 3.05) is 39.3 Å². The second-order valence-corrected chi connectivity index (χ2v) is 12.9. The van der Waals surface area contributed by atoms with Crippen LogP contribution in [-0.2, 0) is 32.0 Å². The Morgan fingerprint density at radius 1 is 0.851 bits per heavy atom. The minimum atomic E-state index is -1.18. The highest BCUT2D eigenvalue weighted by Gasteiger charge is 2.30. The van der Waals surface area contributed by atoms with Gasteiger partial charge in [0, 0.05) is 45.1 Å². The van der Waals surface area contributed by atoms with Gasteiger partial charge in [-0.2, -0.15) is 0 Å². The number of esters is 1. The fourth-order valence-corrected chi connectivity index (χ4v) is 5.97. The topological polar surface area (TPSA) is 138 Å². The second-order valence-electron chi connectivity index (χ2n) is 12.9. The molecular weight excluding hydrogens is 600 g/mol. The number of piperazine rings is 1. The standard InChI is InChI=1S/C36H42N4O7/c1-36(2,3)47-32(41)22-39-16-18-40(19-17-39)34(44)37-21-25-14-12-24(13-15-25)20-31(33(42)43)38-35(45)46-23-30-28-10-6-4-8-26(28)27-9-5-7-11-29(27)30/h4-15,30-31H,16-23H2,1-3H3,(H,37,44)(H,38,45)(H,42,43)/t31-/m0/s1. The van der Waals surface area contributed by atoms with Crippen LogP contribution in [0.25, 0.3) is 11.1 Å². The Kier molecular flexibility index (Phi) is 10.5. The van der Waals surface area contributed by atoms with Crippen molar-refractivity contribution < 1.29 is 33.8 Å². The molecule has 248 valence electrons. The molecule has 11 nitrogen and oxygen atoms in total. The fraction of sp³-hybridized carbons (Fsp3) is 0.389. The molecule has 1 aliphatic heterocycles. The van der Waals surface area contributed by atoms with Crippen LogP contribution in [0.4, 0.5) is 9.59 Å². The first-order valence-corrected chi connectivity index (χ1v) is 15.9. The highest BCUT2D eigenvalue weighted by Crippen LogP contribution is 2.44. The summed E-state index contributed by atoms with van der Waals surface area (Å²) in [4.78, 5) is 53.2. The normalized spacial score (nSPS) is 15.3. The number of carboxylic acids is 1. The van der Waals surface area contributed by atoms with Gasteiger partial charge in [-0.3, -0.25) is 9.69 Å². The molecule has 3 N–H and O–H groups in total. The highest BCUT2D eigenvalue weighted by atomic mass is 16.6. The molecule has 0 aromatic heterocycles. The zero-order chi connectivity index (χ0) is 33.6. The number of fused-ring (bicyclic) bond motifs is 3. The Labute approximate surface area is 274 Å². The van der Waals surface area contributed by atoms with Crippen LogP contribution < -0.4 is 10.6 Å². The van der Waals surface area contributed by atoms with E-state index in [0.29, 0.717) is 38.3 Å². The Bertz CT molecular complexity index is 1550. The largest absolute Gasteiger partial charge is 0.480 e. The number of carbonyl (C=O) groups excluding carboxylic acids is 3. The van der Waals surface area contributed by atoms with Crippen molar-refractivity contribution in [3.8, 4) is 11.1 Å². The molecule has 0 unspecified atom stereocenters. The third kappa shape index (κ3) is 8.88. The lowest BCUT2D eigenvalue weighted by Crippen LogP contribution is -2.52. The summed E-state index contributed by atoms with van der Waals surface area (Å²) in [7, 11) is 0. The van der Waals surface area contributed by atoms with Gasteiger partial charge < -0.3 is 30.1 Å². The fourth-order valence-electron chi connectivity index (χ4n) is 5.97. The summed E-state index contributed by atoms with van der Waals surface area (Å²) in [5.74, 6) is -1.57. The molecule has 0 radical (unpaired) electrons. The van der Waals surface area contributed by atoms with Crippen molar-refractivity contribution in [3.05, 3.63) is 95.1 Å². The van der Waals surface area contributed by atoms with Gasteiger partial charge in [-0.15, -0.1) is 0 Å². The minimum Gasteiger partial charge on any atom is -0.480 e. The quantitative estimate of drug-likeness (QED) is 0.277. The van der Waals surface area contributed by atoms with E-state index < -0.39 is 23.7 Å². The van der Waals surface area contributed by atoms with Crippen molar-refractivity contribution in [1.29, 1.82) is 0 Å². The summed E-state index contributed by atoms with van der Waals surface area (Å²) >= 11 is 0. The van der Waals surface area contributed by atoms with E-state index in [1.165, 1.54) is 0 Å². The monoisotopic (exact) mass is 642 g/mol. The molecule has 1 aliphatic carbocycles. The first-order chi connectivity index (χ1) is 22.5. The first-order valence-electron chi connectivity index (χ1n) is 15.9. The Hall–Kier alpha value is -4.90. The van der Waals surface area contributed by atoms with Crippen molar-refractivity contribution >= 4 is 24.1 Å². The molecule has 2 aliphatic rings. The van der Waals surface area contributed by atoms with E-state index in [1.54, 1.807) is 17.0 Å². The molecule has 47 heavy (non-hydrogen) atoms. The van der Waals surface area contributed by atoms with Gasteiger partial charge in [0.15, 0.2) is 0 Å². The molecule has 3 aromatic carbocycles. The number of hydrogen-bond acceptors (Lipinski definition) is 7. The summed E-state index contributed by atoms with van der Waals surface area (Å²) in [5, 5.41) is 15.2. The molecule has 0 spiro atoms. The van der Waals surface area contributed by atoms with E-state index in [1.807, 2.05) is 86.3 Å². The number of nitrogens with one attached hydrogen (secondary N) is 2. The maximum Gasteiger partial charge on any atom is 0.407 e. The van der Waals surface area contributed by atoms with Crippen molar-refractivity contribution in [2.45, 2.75) is 51.3 Å². The van der Waals surface area contributed by atoms with E-state index in [2.05, 4.69) is 10.6 Å². The maximum absolute atomic E-state index is 12.7. The molecule has 0 bridgehead atoms. The van der Waals surface area contributed by atoms with Crippen molar-refractivity contribution in [2.24, 2.45) is 0 Å². The predicted molar refractivity (Wildman–Crippen MR) is 176 cm³/mol. The van der Waals surface area contributed by atoms with Crippen LogP contribution in [0.5, 0.6) is 0 Å². The maximum atomic E-state index is 12.7. The highest BCUT2D eigenvalue weighted by molar-refractivity contribution is 5.81. The molecule has 1 heterocycles. The first kappa shape index (κ1) is 33.5. The molecule has 1 atom stereocenters. The Morgan fingerprint density at radius 3 is 2.00 bits per heavy atom. The number of benzene rings is 3. The number of rotatable bonds is 10. The predicted octanol–water partition coefficient (Wildman–Crippen LogP) is 4.39. The van der Waals surface area contributed by atoms with Crippen LogP contribution in [0.1, 0.15) is 48.9 Å². The van der Waals surface area contributed by atoms with Crippen LogP contribution in [-0.4, -0.2) is 89.9 Å². The third-order valence-electron chi connectivity index (χ3n) is 8.27. The average Bonchev–Trinajstić information content (AvgIpc) is 3.36. The summed E-state index contributed by atoms with van der Waals surface area (Å²) in [6, 6.07) is 21.8. The molecule has 1 saturated heterocycles. The van der Waals surface area contributed by atoms with E-state index >= 15 is 0 Å². The summed E-state index contributed by atoms with van der Waals surface area (Å²) in [6.45, 7) is 8.25. The number of carboxylic acid groups (broad SMARTS) is 1. The van der Waals surface area contributed by atoms with Crippen LogP contribution >= 0.6 is 0 Å². The third-order valence-corrected chi connectivity index (χ3v) is 8.27. The minimum absolute atomic E-state index is 0.0692. The van der Waals surface area contributed by atoms with Gasteiger partial charge in [0.1, 0.15) is 18.2 Å². The van der Waals surface area contributed by atoms with E-state index in [0.717, 1.165) is 27.8 Å². The number of urea groups is 1. The second kappa shape index (κ2) is 14.7. The van der Waals surface area contributed by atoms with Gasteiger partial charge in [0.05, 0.1) is 6.54 Å². The van der Waals surface area contributed by atoms with Gasteiger partial charge in [-0.05, 0) is 54.2 Å². The van der Waals surface area contributed by atoms with Crippen LogP contribution in [0, 0.1) is 0 Å². The van der Waals surface area contributed by atoms with Crippen molar-refractivity contribution in [3.63, 3.8) is 0 Å². The molecule has 3 aromatic rings. The number of carbonyl (C=O) groups is 4. The molecule has 0 saturated carbocycles. The van der Waals surface area contributed by atoms with Gasteiger partial charge in [0.2, 0.25) is 0 Å². The van der Waals surface area contributed by atoms with Gasteiger partial charge in [-0.1, -0.05) is 72.8 Å². The number of hydrogen-bond donors (Lipinski definition) is 3. The van der Waals surface area contributed by atoms with E-state index in [9.17, 15) is 24.3 Å². The number of aliphatic carboxylic acids is 1. The summed E-state index contributed by atoms with van der Waals surface area (Å²) < 4.78 is 10.9. The zero-order valence-electron chi connectivity index (χ0n) is 27.0. The number of ether oxygens (including phenoxy) is 2. The smallest absolute Gasteiger partial charge is 0.407 e. The Morgan fingerprint density at radius 2 is 1.43 bits per heavy atom. The van der Waals surface area contributed by atoms with Crippen LogP contribution in [0.15, 0.2) is 72.8 Å². The van der Waals surface area contributed by atoms with Gasteiger partial charge in [-0.25, -0.2) is 14.4 Å². The van der Waals surface area contributed by atoms with E-state index in [4.69, 9.17) is 9.47 Å². The van der Waals surface area contributed by atoms with Crippen LogP contribution in [0.2, 0.25) is 0 Å². The lowest BCUT2D eigenvalue weighted by molar-refractivity contribution is -0.156. The summed E-state index contributed by atoms with van der Waals surface area (Å²) in [6.07, 6.45) is -0.719. The molecule has 11 heteroatoms. The lowest BCUT2D eigenvalue weighted by Gasteiger charge is -2.34. The molecular formula is C36H42N4O7.